The van der Waals surface area contributed by atoms with Gasteiger partial charge < -0.3 is 9.47 Å². The molecule has 0 amide bonds. The molecule has 0 bridgehead atoms. The van der Waals surface area contributed by atoms with Gasteiger partial charge >= 0.3 is 0 Å². The number of halogens is 1. The van der Waals surface area contributed by atoms with E-state index in [1.165, 1.54) is 0 Å². The Morgan fingerprint density at radius 3 is 2.53 bits per heavy atom. The first kappa shape index (κ1) is 13.6. The summed E-state index contributed by atoms with van der Waals surface area (Å²) in [4.78, 5) is 10.9. The fourth-order valence-corrected chi connectivity index (χ4v) is 2.06. The molecule has 0 saturated heterocycles. The lowest BCUT2D eigenvalue weighted by Crippen LogP contribution is -1.98. The molecular formula is C15H13BrO3. The standard InChI is InChI=1S/C15H13BrO3/c1-18-14-7-12(9-17)13(16)8-15(14)19-10-11-5-3-2-4-6-11/h2-9H,10H2,1H3. The zero-order chi connectivity index (χ0) is 13.7. The predicted octanol–water partition coefficient (Wildman–Crippen LogP) is 3.85. The van der Waals surface area contributed by atoms with Crippen LogP contribution in [0.3, 0.4) is 0 Å². The van der Waals surface area contributed by atoms with Crippen LogP contribution in [0.25, 0.3) is 0 Å². The summed E-state index contributed by atoms with van der Waals surface area (Å²) in [6.45, 7) is 0.448. The van der Waals surface area contributed by atoms with E-state index in [1.54, 1.807) is 19.2 Å². The second-order valence-corrected chi connectivity index (χ2v) is 4.77. The van der Waals surface area contributed by atoms with Gasteiger partial charge in [-0.2, -0.15) is 0 Å². The van der Waals surface area contributed by atoms with E-state index in [1.807, 2.05) is 30.3 Å². The van der Waals surface area contributed by atoms with Gasteiger partial charge in [-0.1, -0.05) is 30.3 Å². The Hall–Kier alpha value is -1.81. The van der Waals surface area contributed by atoms with Crippen molar-refractivity contribution >= 4 is 22.2 Å². The first-order chi connectivity index (χ1) is 9.24. The van der Waals surface area contributed by atoms with Gasteiger partial charge in [-0.3, -0.25) is 4.79 Å². The summed E-state index contributed by atoms with van der Waals surface area (Å²) in [7, 11) is 1.55. The number of carbonyl (C=O) groups excluding carboxylic acids is 1. The molecule has 0 N–H and O–H groups in total. The van der Waals surface area contributed by atoms with Crippen LogP contribution in [0.4, 0.5) is 0 Å². The summed E-state index contributed by atoms with van der Waals surface area (Å²) >= 11 is 3.33. The van der Waals surface area contributed by atoms with Crippen LogP contribution in [-0.2, 0) is 6.61 Å². The van der Waals surface area contributed by atoms with E-state index in [2.05, 4.69) is 15.9 Å². The zero-order valence-corrected chi connectivity index (χ0v) is 12.0. The molecule has 2 aromatic carbocycles. The molecule has 0 aromatic heterocycles. The number of ether oxygens (including phenoxy) is 2. The molecule has 2 aromatic rings. The molecule has 0 saturated carbocycles. The van der Waals surface area contributed by atoms with Crippen LogP contribution >= 0.6 is 15.9 Å². The molecule has 3 nitrogen and oxygen atoms in total. The quantitative estimate of drug-likeness (QED) is 0.785. The third-order valence-corrected chi connectivity index (χ3v) is 3.33. The molecule has 19 heavy (non-hydrogen) atoms. The van der Waals surface area contributed by atoms with Gasteiger partial charge in [-0.25, -0.2) is 0 Å². The summed E-state index contributed by atoms with van der Waals surface area (Å²) in [6.07, 6.45) is 0.771. The number of carbonyl (C=O) groups is 1. The van der Waals surface area contributed by atoms with Gasteiger partial charge in [-0.15, -0.1) is 0 Å². The smallest absolute Gasteiger partial charge is 0.162 e. The molecule has 0 spiro atoms. The van der Waals surface area contributed by atoms with Gasteiger partial charge in [0.25, 0.3) is 0 Å². The maximum absolute atomic E-state index is 10.9. The fourth-order valence-electron chi connectivity index (χ4n) is 1.65. The molecule has 2 rings (SSSR count). The van der Waals surface area contributed by atoms with E-state index in [4.69, 9.17) is 9.47 Å². The Labute approximate surface area is 120 Å². The van der Waals surface area contributed by atoms with E-state index in [0.717, 1.165) is 11.8 Å². The highest BCUT2D eigenvalue weighted by Gasteiger charge is 2.10. The van der Waals surface area contributed by atoms with Crippen LogP contribution in [0.15, 0.2) is 46.9 Å². The SMILES string of the molecule is COc1cc(C=O)c(Br)cc1OCc1ccccc1. The van der Waals surface area contributed by atoms with Crippen molar-refractivity contribution in [1.29, 1.82) is 0 Å². The Morgan fingerprint density at radius 2 is 1.89 bits per heavy atom. The molecule has 0 aliphatic carbocycles. The van der Waals surface area contributed by atoms with Crippen molar-refractivity contribution in [2.24, 2.45) is 0 Å². The van der Waals surface area contributed by atoms with Crippen LogP contribution < -0.4 is 9.47 Å². The van der Waals surface area contributed by atoms with Gasteiger partial charge in [0.2, 0.25) is 0 Å². The molecule has 98 valence electrons. The summed E-state index contributed by atoms with van der Waals surface area (Å²) < 4.78 is 11.6. The molecule has 0 heterocycles. The summed E-state index contributed by atoms with van der Waals surface area (Å²) in [5.41, 5.74) is 1.60. The minimum atomic E-state index is 0.448. The molecular weight excluding hydrogens is 308 g/mol. The van der Waals surface area contributed by atoms with E-state index >= 15 is 0 Å². The van der Waals surface area contributed by atoms with E-state index < -0.39 is 0 Å². The molecule has 0 aliphatic heterocycles. The number of rotatable bonds is 5. The molecule has 4 heteroatoms. The normalized spacial score (nSPS) is 10.0. The highest BCUT2D eigenvalue weighted by Crippen LogP contribution is 2.33. The first-order valence-electron chi connectivity index (χ1n) is 5.74. The van der Waals surface area contributed by atoms with Gasteiger partial charge in [0.15, 0.2) is 17.8 Å². The second-order valence-electron chi connectivity index (χ2n) is 3.92. The Morgan fingerprint density at radius 1 is 1.16 bits per heavy atom. The van der Waals surface area contributed by atoms with E-state index in [-0.39, 0.29) is 0 Å². The summed E-state index contributed by atoms with van der Waals surface area (Å²) in [5.74, 6) is 1.14. The number of methoxy groups -OCH3 is 1. The van der Waals surface area contributed by atoms with Gasteiger partial charge in [0.1, 0.15) is 6.61 Å². The van der Waals surface area contributed by atoms with Crippen LogP contribution in [0.5, 0.6) is 11.5 Å². The lowest BCUT2D eigenvalue weighted by molar-refractivity contribution is 0.112. The van der Waals surface area contributed by atoms with E-state index in [0.29, 0.717) is 28.1 Å². The fraction of sp³-hybridized carbons (Fsp3) is 0.133. The molecule has 0 unspecified atom stereocenters. The minimum absolute atomic E-state index is 0.448. The summed E-state index contributed by atoms with van der Waals surface area (Å²) in [6, 6.07) is 13.2. The van der Waals surface area contributed by atoms with Crippen molar-refractivity contribution < 1.29 is 14.3 Å². The minimum Gasteiger partial charge on any atom is -0.493 e. The van der Waals surface area contributed by atoms with Crippen LogP contribution in [0, 0.1) is 0 Å². The van der Waals surface area contributed by atoms with Crippen molar-refractivity contribution in [3.63, 3.8) is 0 Å². The largest absolute Gasteiger partial charge is 0.493 e. The average Bonchev–Trinajstić information content (AvgIpc) is 2.46. The average molecular weight is 321 g/mol. The first-order valence-corrected chi connectivity index (χ1v) is 6.53. The van der Waals surface area contributed by atoms with Crippen molar-refractivity contribution in [1.82, 2.24) is 0 Å². The third kappa shape index (κ3) is 3.35. The highest BCUT2D eigenvalue weighted by atomic mass is 79.9. The number of hydrogen-bond acceptors (Lipinski definition) is 3. The second kappa shape index (κ2) is 6.38. The van der Waals surface area contributed by atoms with E-state index in [9.17, 15) is 4.79 Å². The molecule has 0 radical (unpaired) electrons. The number of hydrogen-bond donors (Lipinski definition) is 0. The Kier molecular flexibility index (Phi) is 4.58. The van der Waals surface area contributed by atoms with Crippen molar-refractivity contribution in [3.05, 3.63) is 58.1 Å². The van der Waals surface area contributed by atoms with Crippen LogP contribution in [0.1, 0.15) is 15.9 Å². The van der Waals surface area contributed by atoms with Gasteiger partial charge in [-0.05, 0) is 33.6 Å². The lowest BCUT2D eigenvalue weighted by Gasteiger charge is -2.12. The topological polar surface area (TPSA) is 35.5 Å². The van der Waals surface area contributed by atoms with Crippen molar-refractivity contribution in [3.8, 4) is 11.5 Å². The Bertz CT molecular complexity index is 567. The predicted molar refractivity (Wildman–Crippen MR) is 76.9 cm³/mol. The lowest BCUT2D eigenvalue weighted by atomic mass is 10.2. The number of benzene rings is 2. The molecule has 0 fully saturated rings. The highest BCUT2D eigenvalue weighted by molar-refractivity contribution is 9.10. The number of aldehydes is 1. The maximum atomic E-state index is 10.9. The zero-order valence-electron chi connectivity index (χ0n) is 10.4. The van der Waals surface area contributed by atoms with Crippen molar-refractivity contribution in [2.75, 3.05) is 7.11 Å². The van der Waals surface area contributed by atoms with Gasteiger partial charge in [0, 0.05) is 10.0 Å². The van der Waals surface area contributed by atoms with Gasteiger partial charge in [0.05, 0.1) is 7.11 Å². The van der Waals surface area contributed by atoms with Crippen LogP contribution in [-0.4, -0.2) is 13.4 Å². The Balaban J connectivity index is 2.20. The molecule has 0 aliphatic rings. The van der Waals surface area contributed by atoms with Crippen molar-refractivity contribution in [2.45, 2.75) is 6.61 Å². The molecule has 0 atom stereocenters. The maximum Gasteiger partial charge on any atom is 0.162 e. The monoisotopic (exact) mass is 320 g/mol. The van der Waals surface area contributed by atoms with Crippen LogP contribution in [0.2, 0.25) is 0 Å². The third-order valence-electron chi connectivity index (χ3n) is 2.65. The summed E-state index contributed by atoms with van der Waals surface area (Å²) in [5, 5.41) is 0.